The van der Waals surface area contributed by atoms with Crippen LogP contribution in [0.3, 0.4) is 0 Å². The van der Waals surface area contributed by atoms with E-state index in [1.807, 2.05) is 0 Å². The summed E-state index contributed by atoms with van der Waals surface area (Å²) >= 11 is 0. The van der Waals surface area contributed by atoms with Gasteiger partial charge in [-0.3, -0.25) is 4.79 Å². The highest BCUT2D eigenvalue weighted by Gasteiger charge is 2.19. The SMILES string of the molecule is CCCCCC(=O)CCNC1CC1. The van der Waals surface area contributed by atoms with E-state index in [1.165, 1.54) is 25.7 Å². The number of ketones is 1. The maximum Gasteiger partial charge on any atom is 0.134 e. The Balaban J connectivity index is 1.84. The molecule has 0 aromatic rings. The van der Waals surface area contributed by atoms with Crippen LogP contribution < -0.4 is 5.32 Å². The molecular weight excluding hydrogens is 162 g/mol. The molecule has 1 aliphatic rings. The van der Waals surface area contributed by atoms with Crippen molar-refractivity contribution in [3.63, 3.8) is 0 Å². The number of carbonyl (C=O) groups excluding carboxylic acids is 1. The van der Waals surface area contributed by atoms with E-state index in [2.05, 4.69) is 12.2 Å². The predicted molar refractivity (Wildman–Crippen MR) is 54.8 cm³/mol. The lowest BCUT2D eigenvalue weighted by molar-refractivity contribution is -0.119. The Morgan fingerprint density at radius 3 is 2.69 bits per heavy atom. The van der Waals surface area contributed by atoms with Gasteiger partial charge in [0.2, 0.25) is 0 Å². The fraction of sp³-hybridized carbons (Fsp3) is 0.909. The van der Waals surface area contributed by atoms with Crippen LogP contribution in [0.25, 0.3) is 0 Å². The standard InChI is InChI=1S/C11H21NO/c1-2-3-4-5-11(13)8-9-12-10-6-7-10/h10,12H,2-9H2,1H3. The van der Waals surface area contributed by atoms with Crippen LogP contribution in [0.5, 0.6) is 0 Å². The number of Topliss-reactive ketones (excluding diaryl/α,β-unsaturated/α-hetero) is 1. The van der Waals surface area contributed by atoms with Crippen LogP contribution >= 0.6 is 0 Å². The Morgan fingerprint density at radius 2 is 2.08 bits per heavy atom. The zero-order valence-corrected chi connectivity index (χ0v) is 8.64. The quantitative estimate of drug-likeness (QED) is 0.585. The molecule has 0 amide bonds. The Kier molecular flexibility index (Phi) is 5.06. The molecule has 1 saturated carbocycles. The highest BCUT2D eigenvalue weighted by molar-refractivity contribution is 5.78. The van der Waals surface area contributed by atoms with Gasteiger partial charge in [0.15, 0.2) is 0 Å². The van der Waals surface area contributed by atoms with Crippen LogP contribution in [0.2, 0.25) is 0 Å². The van der Waals surface area contributed by atoms with E-state index in [9.17, 15) is 4.79 Å². The zero-order chi connectivity index (χ0) is 9.52. The molecule has 0 unspecified atom stereocenters. The molecule has 0 spiro atoms. The van der Waals surface area contributed by atoms with Crippen molar-refractivity contribution in [2.75, 3.05) is 6.54 Å². The average Bonchev–Trinajstić information content (AvgIpc) is 2.89. The molecule has 1 N–H and O–H groups in total. The van der Waals surface area contributed by atoms with Gasteiger partial charge < -0.3 is 5.32 Å². The van der Waals surface area contributed by atoms with E-state index in [-0.39, 0.29) is 0 Å². The van der Waals surface area contributed by atoms with Gasteiger partial charge in [-0.1, -0.05) is 19.8 Å². The van der Waals surface area contributed by atoms with Gasteiger partial charge in [0.25, 0.3) is 0 Å². The molecule has 1 fully saturated rings. The summed E-state index contributed by atoms with van der Waals surface area (Å²) in [5.41, 5.74) is 0. The molecule has 2 nitrogen and oxygen atoms in total. The molecule has 1 rings (SSSR count). The summed E-state index contributed by atoms with van der Waals surface area (Å²) in [5.74, 6) is 0.432. The summed E-state index contributed by atoms with van der Waals surface area (Å²) in [6, 6.07) is 0.739. The lowest BCUT2D eigenvalue weighted by Gasteiger charge is -2.01. The van der Waals surface area contributed by atoms with Crippen molar-refractivity contribution in [3.8, 4) is 0 Å². The highest BCUT2D eigenvalue weighted by Crippen LogP contribution is 2.18. The predicted octanol–water partition coefficient (Wildman–Crippen LogP) is 2.28. The first-order valence-electron chi connectivity index (χ1n) is 5.58. The number of hydrogen-bond acceptors (Lipinski definition) is 2. The van der Waals surface area contributed by atoms with Crippen molar-refractivity contribution < 1.29 is 4.79 Å². The highest BCUT2D eigenvalue weighted by atomic mass is 16.1. The van der Waals surface area contributed by atoms with Gasteiger partial charge in [-0.15, -0.1) is 0 Å². The van der Waals surface area contributed by atoms with Gasteiger partial charge in [0.1, 0.15) is 5.78 Å². The number of rotatable bonds is 8. The minimum absolute atomic E-state index is 0.432. The Morgan fingerprint density at radius 1 is 1.31 bits per heavy atom. The van der Waals surface area contributed by atoms with Gasteiger partial charge in [-0.05, 0) is 19.3 Å². The van der Waals surface area contributed by atoms with Crippen LogP contribution in [0, 0.1) is 0 Å². The molecule has 0 bridgehead atoms. The van der Waals surface area contributed by atoms with Crippen LogP contribution in [-0.2, 0) is 4.79 Å². The Bertz CT molecular complexity index is 152. The van der Waals surface area contributed by atoms with Crippen LogP contribution in [-0.4, -0.2) is 18.4 Å². The maximum atomic E-state index is 11.3. The maximum absolute atomic E-state index is 11.3. The average molecular weight is 183 g/mol. The summed E-state index contributed by atoms with van der Waals surface area (Å²) in [6.07, 6.45) is 7.63. The third-order valence-corrected chi connectivity index (χ3v) is 2.47. The largest absolute Gasteiger partial charge is 0.314 e. The molecule has 0 heterocycles. The summed E-state index contributed by atoms with van der Waals surface area (Å²) in [5, 5.41) is 3.36. The first-order valence-corrected chi connectivity index (χ1v) is 5.58. The first kappa shape index (κ1) is 10.7. The van der Waals surface area contributed by atoms with Crippen molar-refractivity contribution in [1.29, 1.82) is 0 Å². The van der Waals surface area contributed by atoms with E-state index in [0.717, 1.165) is 31.8 Å². The van der Waals surface area contributed by atoms with Crippen LogP contribution in [0.4, 0.5) is 0 Å². The van der Waals surface area contributed by atoms with Gasteiger partial charge in [-0.2, -0.15) is 0 Å². The van der Waals surface area contributed by atoms with Crippen molar-refractivity contribution in [3.05, 3.63) is 0 Å². The third-order valence-electron chi connectivity index (χ3n) is 2.47. The summed E-state index contributed by atoms with van der Waals surface area (Å²) in [4.78, 5) is 11.3. The van der Waals surface area contributed by atoms with E-state index in [0.29, 0.717) is 5.78 Å². The monoisotopic (exact) mass is 183 g/mol. The van der Waals surface area contributed by atoms with E-state index >= 15 is 0 Å². The molecule has 0 aliphatic heterocycles. The van der Waals surface area contributed by atoms with Crippen molar-refractivity contribution in [2.24, 2.45) is 0 Å². The van der Waals surface area contributed by atoms with Gasteiger partial charge >= 0.3 is 0 Å². The number of hydrogen-bond donors (Lipinski definition) is 1. The summed E-state index contributed by atoms with van der Waals surface area (Å²) in [7, 11) is 0. The molecule has 1 aliphatic carbocycles. The lowest BCUT2D eigenvalue weighted by Crippen LogP contribution is -2.20. The van der Waals surface area contributed by atoms with Crippen LogP contribution in [0.1, 0.15) is 51.9 Å². The van der Waals surface area contributed by atoms with E-state index < -0.39 is 0 Å². The Hall–Kier alpha value is -0.370. The minimum atomic E-state index is 0.432. The first-order chi connectivity index (χ1) is 6.33. The smallest absolute Gasteiger partial charge is 0.134 e. The summed E-state index contributed by atoms with van der Waals surface area (Å²) < 4.78 is 0. The molecule has 0 radical (unpaired) electrons. The molecular formula is C11H21NO. The number of nitrogens with one attached hydrogen (secondary N) is 1. The second-order valence-corrected chi connectivity index (χ2v) is 3.97. The van der Waals surface area contributed by atoms with Gasteiger partial charge in [0, 0.05) is 25.4 Å². The number of unbranched alkanes of at least 4 members (excludes halogenated alkanes) is 2. The number of carbonyl (C=O) groups is 1. The molecule has 13 heavy (non-hydrogen) atoms. The zero-order valence-electron chi connectivity index (χ0n) is 8.64. The minimum Gasteiger partial charge on any atom is -0.314 e. The van der Waals surface area contributed by atoms with Gasteiger partial charge in [0.05, 0.1) is 0 Å². The fourth-order valence-corrected chi connectivity index (χ4v) is 1.40. The molecule has 76 valence electrons. The molecule has 2 heteroatoms. The fourth-order valence-electron chi connectivity index (χ4n) is 1.40. The van der Waals surface area contributed by atoms with E-state index in [1.54, 1.807) is 0 Å². The molecule has 0 aromatic heterocycles. The lowest BCUT2D eigenvalue weighted by atomic mass is 10.1. The van der Waals surface area contributed by atoms with E-state index in [4.69, 9.17) is 0 Å². The topological polar surface area (TPSA) is 29.1 Å². The van der Waals surface area contributed by atoms with Crippen molar-refractivity contribution in [1.82, 2.24) is 5.32 Å². The Labute approximate surface area is 81.1 Å². The van der Waals surface area contributed by atoms with Crippen molar-refractivity contribution >= 4 is 5.78 Å². The van der Waals surface area contributed by atoms with Crippen molar-refractivity contribution in [2.45, 2.75) is 57.9 Å². The van der Waals surface area contributed by atoms with Crippen LogP contribution in [0.15, 0.2) is 0 Å². The normalized spacial score (nSPS) is 16.1. The van der Waals surface area contributed by atoms with Gasteiger partial charge in [-0.25, -0.2) is 0 Å². The molecule has 0 aromatic carbocycles. The molecule has 0 saturated heterocycles. The second kappa shape index (κ2) is 6.14. The third kappa shape index (κ3) is 5.81. The molecule has 0 atom stereocenters. The second-order valence-electron chi connectivity index (χ2n) is 3.97. The summed E-state index contributed by atoms with van der Waals surface area (Å²) in [6.45, 7) is 3.06.